The van der Waals surface area contributed by atoms with Crippen molar-refractivity contribution in [2.45, 2.75) is 44.9 Å². The number of nitrogens with zero attached hydrogens (tertiary/aromatic N) is 1. The summed E-state index contributed by atoms with van der Waals surface area (Å²) in [5.74, 6) is 0. The number of nitrogen functional groups attached to an aromatic ring is 1. The van der Waals surface area contributed by atoms with Gasteiger partial charge in [0.1, 0.15) is 0 Å². The third kappa shape index (κ3) is 6.02. The van der Waals surface area contributed by atoms with Crippen molar-refractivity contribution in [1.29, 1.82) is 0 Å². The van der Waals surface area contributed by atoms with Crippen LogP contribution in [0.1, 0.15) is 32.4 Å². The topological polar surface area (TPSA) is 85.0 Å². The molecular weight excluding hydrogens is 336 g/mol. The van der Waals surface area contributed by atoms with Gasteiger partial charge in [-0.3, -0.25) is 4.90 Å². The summed E-state index contributed by atoms with van der Waals surface area (Å²) in [4.78, 5) is 13.2. The third-order valence-corrected chi connectivity index (χ3v) is 9.36. The van der Waals surface area contributed by atoms with E-state index >= 15 is 0 Å². The minimum absolute atomic E-state index is 0.0495. The Morgan fingerprint density at radius 3 is 2.48 bits per heavy atom. The SMILES string of the molecule is COCCN(C(=O)O)C(CO[Si](C)(C)C(C)(C)C)c1cccc(N)c1. The first-order valence-electron chi connectivity index (χ1n) is 8.47. The van der Waals surface area contributed by atoms with Gasteiger partial charge < -0.3 is 20.0 Å². The van der Waals surface area contributed by atoms with Crippen molar-refractivity contribution in [2.24, 2.45) is 0 Å². The van der Waals surface area contributed by atoms with Gasteiger partial charge in [0.25, 0.3) is 0 Å². The number of hydrogen-bond acceptors (Lipinski definition) is 4. The van der Waals surface area contributed by atoms with E-state index in [-0.39, 0.29) is 11.6 Å². The second-order valence-electron chi connectivity index (χ2n) is 7.73. The van der Waals surface area contributed by atoms with Gasteiger partial charge in [0, 0.05) is 19.3 Å². The lowest BCUT2D eigenvalue weighted by Crippen LogP contribution is -2.45. The van der Waals surface area contributed by atoms with Gasteiger partial charge in [-0.1, -0.05) is 32.9 Å². The Labute approximate surface area is 152 Å². The molecule has 0 aliphatic heterocycles. The first-order valence-corrected chi connectivity index (χ1v) is 11.4. The summed E-state index contributed by atoms with van der Waals surface area (Å²) < 4.78 is 11.4. The maximum absolute atomic E-state index is 11.8. The number of hydrogen-bond donors (Lipinski definition) is 2. The van der Waals surface area contributed by atoms with Crippen molar-refractivity contribution in [1.82, 2.24) is 4.90 Å². The van der Waals surface area contributed by atoms with E-state index in [9.17, 15) is 9.90 Å². The second kappa shape index (κ2) is 8.69. The average molecular weight is 369 g/mol. The predicted octanol–water partition coefficient (Wildman–Crippen LogP) is 3.96. The van der Waals surface area contributed by atoms with Crippen molar-refractivity contribution < 1.29 is 19.1 Å². The van der Waals surface area contributed by atoms with Crippen LogP contribution in [0.4, 0.5) is 10.5 Å². The fourth-order valence-electron chi connectivity index (χ4n) is 2.21. The lowest BCUT2D eigenvalue weighted by molar-refractivity contribution is 0.0780. The molecule has 6 nitrogen and oxygen atoms in total. The number of carbonyl (C=O) groups is 1. The zero-order chi connectivity index (χ0) is 19.3. The number of carboxylic acid groups (broad SMARTS) is 1. The molecule has 0 saturated heterocycles. The molecule has 7 heteroatoms. The summed E-state index contributed by atoms with van der Waals surface area (Å²) in [6.07, 6.45) is -0.997. The van der Waals surface area contributed by atoms with Crippen molar-refractivity contribution in [3.05, 3.63) is 29.8 Å². The Bertz CT molecular complexity index is 572. The zero-order valence-electron chi connectivity index (χ0n) is 16.2. The van der Waals surface area contributed by atoms with Gasteiger partial charge in [0.15, 0.2) is 8.32 Å². The highest BCUT2D eigenvalue weighted by Gasteiger charge is 2.38. The van der Waals surface area contributed by atoms with Crippen LogP contribution >= 0.6 is 0 Å². The van der Waals surface area contributed by atoms with E-state index < -0.39 is 20.5 Å². The smallest absolute Gasteiger partial charge is 0.407 e. The molecule has 1 amide bonds. The minimum Gasteiger partial charge on any atom is -0.465 e. The van der Waals surface area contributed by atoms with Crippen LogP contribution in [0.15, 0.2) is 24.3 Å². The van der Waals surface area contributed by atoms with Gasteiger partial charge >= 0.3 is 6.09 Å². The van der Waals surface area contributed by atoms with Crippen molar-refractivity contribution in [3.63, 3.8) is 0 Å². The molecule has 0 radical (unpaired) electrons. The monoisotopic (exact) mass is 368 g/mol. The van der Waals surface area contributed by atoms with E-state index in [2.05, 4.69) is 33.9 Å². The van der Waals surface area contributed by atoms with E-state index in [1.807, 2.05) is 18.2 Å². The molecule has 25 heavy (non-hydrogen) atoms. The van der Waals surface area contributed by atoms with Gasteiger partial charge in [-0.25, -0.2) is 4.79 Å². The Morgan fingerprint density at radius 1 is 1.36 bits per heavy atom. The molecular formula is C18H32N2O4Si. The van der Waals surface area contributed by atoms with Crippen LogP contribution in [-0.2, 0) is 9.16 Å². The van der Waals surface area contributed by atoms with E-state index in [1.54, 1.807) is 13.2 Å². The van der Waals surface area contributed by atoms with Gasteiger partial charge in [-0.05, 0) is 35.8 Å². The van der Waals surface area contributed by atoms with Crippen LogP contribution in [0.2, 0.25) is 18.1 Å². The summed E-state index contributed by atoms with van der Waals surface area (Å²) in [5.41, 5.74) is 7.34. The molecule has 0 fully saturated rings. The molecule has 1 rings (SSSR count). The molecule has 1 unspecified atom stereocenters. The highest BCUT2D eigenvalue weighted by atomic mass is 28.4. The van der Waals surface area contributed by atoms with Crippen LogP contribution in [-0.4, -0.2) is 51.3 Å². The standard InChI is InChI=1S/C18H32N2O4Si/c1-18(2,3)25(5,6)24-13-16(14-8-7-9-15(19)12-14)20(17(21)22)10-11-23-4/h7-9,12,16H,10-11,13,19H2,1-6H3,(H,21,22). The summed E-state index contributed by atoms with van der Waals surface area (Å²) in [5, 5.41) is 9.73. The first-order chi connectivity index (χ1) is 11.5. The van der Waals surface area contributed by atoms with Gasteiger partial charge in [0.05, 0.1) is 19.3 Å². The number of amides is 1. The molecule has 0 heterocycles. The van der Waals surface area contributed by atoms with E-state index in [1.165, 1.54) is 4.90 Å². The molecule has 0 aromatic heterocycles. The van der Waals surface area contributed by atoms with Crippen molar-refractivity contribution >= 4 is 20.1 Å². The molecule has 3 N–H and O–H groups in total. The van der Waals surface area contributed by atoms with Crippen LogP contribution in [0.3, 0.4) is 0 Å². The lowest BCUT2D eigenvalue weighted by atomic mass is 10.1. The Hall–Kier alpha value is -1.57. The molecule has 1 aromatic rings. The minimum atomic E-state index is -2.01. The summed E-state index contributed by atoms with van der Waals surface area (Å²) >= 11 is 0. The fourth-order valence-corrected chi connectivity index (χ4v) is 3.22. The lowest BCUT2D eigenvalue weighted by Gasteiger charge is -2.39. The van der Waals surface area contributed by atoms with Gasteiger partial charge in [-0.2, -0.15) is 0 Å². The highest BCUT2D eigenvalue weighted by Crippen LogP contribution is 2.37. The number of anilines is 1. The Morgan fingerprint density at radius 2 is 2.00 bits per heavy atom. The predicted molar refractivity (Wildman–Crippen MR) is 103 cm³/mol. The maximum Gasteiger partial charge on any atom is 0.407 e. The normalized spacial score (nSPS) is 13.5. The van der Waals surface area contributed by atoms with Crippen molar-refractivity contribution in [2.75, 3.05) is 32.6 Å². The van der Waals surface area contributed by atoms with Gasteiger partial charge in [0.2, 0.25) is 0 Å². The molecule has 0 aliphatic carbocycles. The number of nitrogens with two attached hydrogens (primary N) is 1. The summed E-state index contributed by atoms with van der Waals surface area (Å²) in [6, 6.07) is 6.89. The number of rotatable bonds is 8. The van der Waals surface area contributed by atoms with Crippen LogP contribution in [0.5, 0.6) is 0 Å². The quantitative estimate of drug-likeness (QED) is 0.536. The maximum atomic E-state index is 11.8. The molecule has 0 saturated carbocycles. The average Bonchev–Trinajstić information content (AvgIpc) is 2.49. The number of methoxy groups -OCH3 is 1. The summed E-state index contributed by atoms with van der Waals surface area (Å²) in [6.45, 7) is 11.7. The second-order valence-corrected chi connectivity index (χ2v) is 12.5. The Balaban J connectivity index is 3.12. The largest absolute Gasteiger partial charge is 0.465 e. The van der Waals surface area contributed by atoms with Gasteiger partial charge in [-0.15, -0.1) is 0 Å². The third-order valence-electron chi connectivity index (χ3n) is 4.86. The number of ether oxygens (including phenoxy) is 1. The molecule has 1 aromatic carbocycles. The first kappa shape index (κ1) is 21.5. The fraction of sp³-hybridized carbons (Fsp3) is 0.611. The van der Waals surface area contributed by atoms with E-state index in [4.69, 9.17) is 14.9 Å². The van der Waals surface area contributed by atoms with E-state index in [0.29, 0.717) is 18.9 Å². The summed E-state index contributed by atoms with van der Waals surface area (Å²) in [7, 11) is -0.451. The van der Waals surface area contributed by atoms with Crippen LogP contribution < -0.4 is 5.73 Å². The molecule has 1 atom stereocenters. The zero-order valence-corrected chi connectivity index (χ0v) is 17.2. The van der Waals surface area contributed by atoms with E-state index in [0.717, 1.165) is 5.56 Å². The van der Waals surface area contributed by atoms with Crippen LogP contribution in [0.25, 0.3) is 0 Å². The van der Waals surface area contributed by atoms with Crippen LogP contribution in [0, 0.1) is 0 Å². The number of benzene rings is 1. The van der Waals surface area contributed by atoms with Crippen molar-refractivity contribution in [3.8, 4) is 0 Å². The molecule has 142 valence electrons. The molecule has 0 spiro atoms. The Kier molecular flexibility index (Phi) is 7.46. The molecule has 0 bridgehead atoms. The highest BCUT2D eigenvalue weighted by molar-refractivity contribution is 6.74. The molecule has 0 aliphatic rings.